The molecule has 0 spiro atoms. The molecule has 1 aliphatic heterocycles. The van der Waals surface area contributed by atoms with Crippen LogP contribution in [0.2, 0.25) is 0 Å². The molecule has 1 aliphatic rings. The van der Waals surface area contributed by atoms with Crippen molar-refractivity contribution < 1.29 is 19.4 Å². The fourth-order valence-electron chi connectivity index (χ4n) is 2.71. The predicted molar refractivity (Wildman–Crippen MR) is 116 cm³/mol. The molecule has 3 rings (SSSR count). The number of carbonyl (C=O) groups excluding carboxylic acids is 1. The molecule has 1 amide bonds. The van der Waals surface area contributed by atoms with Crippen LogP contribution in [0.25, 0.3) is 6.08 Å². The van der Waals surface area contributed by atoms with E-state index >= 15 is 0 Å². The summed E-state index contributed by atoms with van der Waals surface area (Å²) in [7, 11) is 0. The summed E-state index contributed by atoms with van der Waals surface area (Å²) in [6, 6.07) is 12.8. The average molecular weight is 410 g/mol. The zero-order chi connectivity index (χ0) is 21.0. The Kier molecular flexibility index (Phi) is 6.39. The minimum atomic E-state index is -0.992. The van der Waals surface area contributed by atoms with Gasteiger partial charge in [0.2, 0.25) is 0 Å². The lowest BCUT2D eigenvalue weighted by atomic mass is 10.1. The highest BCUT2D eigenvalue weighted by atomic mass is 32.2. The number of rotatable bonds is 6. The first-order valence-electron chi connectivity index (χ1n) is 9.22. The number of amides is 1. The Balaban J connectivity index is 1.74. The SMILES string of the molecule is CCC(Oc1ccc(/C=C2/SC(=Nc3cccc(C)c3C)NC2=O)cc1)C(=O)O. The number of aryl methyl sites for hydroxylation is 1. The van der Waals surface area contributed by atoms with E-state index in [1.807, 2.05) is 32.0 Å². The summed E-state index contributed by atoms with van der Waals surface area (Å²) >= 11 is 1.29. The molecule has 0 saturated carbocycles. The first-order chi connectivity index (χ1) is 13.9. The van der Waals surface area contributed by atoms with Crippen molar-refractivity contribution in [2.45, 2.75) is 33.3 Å². The van der Waals surface area contributed by atoms with E-state index in [0.717, 1.165) is 22.4 Å². The quantitative estimate of drug-likeness (QED) is 0.688. The maximum absolute atomic E-state index is 12.3. The van der Waals surface area contributed by atoms with Gasteiger partial charge in [-0.15, -0.1) is 0 Å². The van der Waals surface area contributed by atoms with E-state index in [1.165, 1.54) is 11.8 Å². The first-order valence-corrected chi connectivity index (χ1v) is 10.0. The molecule has 0 aliphatic carbocycles. The molecule has 6 nitrogen and oxygen atoms in total. The van der Waals surface area contributed by atoms with E-state index in [2.05, 4.69) is 10.3 Å². The standard InChI is InChI=1S/C22H22N2O4S/c1-4-18(21(26)27)28-16-10-8-15(9-11-16)12-19-20(25)24-22(29-19)23-17-7-5-6-13(2)14(17)3/h5-12,18H,4H2,1-3H3,(H,26,27)(H,23,24,25)/b19-12+. The maximum atomic E-state index is 12.3. The normalized spacial score (nSPS) is 17.4. The Morgan fingerprint density at radius 1 is 1.24 bits per heavy atom. The molecular weight excluding hydrogens is 388 g/mol. The number of aliphatic imine (C=N–C) groups is 1. The second-order valence-electron chi connectivity index (χ2n) is 6.62. The lowest BCUT2D eigenvalue weighted by Gasteiger charge is -2.13. The monoisotopic (exact) mass is 410 g/mol. The summed E-state index contributed by atoms with van der Waals surface area (Å²) in [5.74, 6) is -0.716. The van der Waals surface area contributed by atoms with Crippen molar-refractivity contribution in [1.82, 2.24) is 5.32 Å². The number of carbonyl (C=O) groups is 2. The summed E-state index contributed by atoms with van der Waals surface area (Å²) in [4.78, 5) is 28.5. The van der Waals surface area contributed by atoms with Gasteiger partial charge in [-0.1, -0.05) is 31.2 Å². The van der Waals surface area contributed by atoms with Gasteiger partial charge in [-0.3, -0.25) is 4.79 Å². The zero-order valence-electron chi connectivity index (χ0n) is 16.4. The Labute approximate surface area is 173 Å². The van der Waals surface area contributed by atoms with Gasteiger partial charge in [-0.25, -0.2) is 9.79 Å². The van der Waals surface area contributed by atoms with Crippen LogP contribution in [0.1, 0.15) is 30.0 Å². The predicted octanol–water partition coefficient (Wildman–Crippen LogP) is 4.44. The van der Waals surface area contributed by atoms with E-state index < -0.39 is 12.1 Å². The van der Waals surface area contributed by atoms with Crippen molar-refractivity contribution in [3.8, 4) is 5.75 Å². The summed E-state index contributed by atoms with van der Waals surface area (Å²) in [5.41, 5.74) is 3.87. The second-order valence-corrected chi connectivity index (χ2v) is 7.65. The fourth-order valence-corrected chi connectivity index (χ4v) is 3.55. The maximum Gasteiger partial charge on any atom is 0.344 e. The van der Waals surface area contributed by atoms with Crippen LogP contribution in [-0.4, -0.2) is 28.3 Å². The molecule has 0 radical (unpaired) electrons. The number of ether oxygens (including phenoxy) is 1. The molecule has 1 heterocycles. The number of carboxylic acid groups (broad SMARTS) is 1. The number of aliphatic carboxylic acids is 1. The Morgan fingerprint density at radius 3 is 2.62 bits per heavy atom. The van der Waals surface area contributed by atoms with Crippen molar-refractivity contribution in [1.29, 1.82) is 0 Å². The number of amidine groups is 1. The molecule has 0 bridgehead atoms. The van der Waals surface area contributed by atoms with Gasteiger partial charge in [0, 0.05) is 0 Å². The van der Waals surface area contributed by atoms with Crippen LogP contribution >= 0.6 is 11.8 Å². The topological polar surface area (TPSA) is 88.0 Å². The molecule has 0 aromatic heterocycles. The van der Waals surface area contributed by atoms with Gasteiger partial charge in [-0.2, -0.15) is 0 Å². The molecule has 1 atom stereocenters. The lowest BCUT2D eigenvalue weighted by molar-refractivity contribution is -0.145. The van der Waals surface area contributed by atoms with Gasteiger partial charge in [0.15, 0.2) is 11.3 Å². The van der Waals surface area contributed by atoms with Crippen molar-refractivity contribution in [3.05, 3.63) is 64.1 Å². The number of thioether (sulfide) groups is 1. The Bertz CT molecular complexity index is 996. The minimum absolute atomic E-state index is 0.198. The molecule has 2 aromatic rings. The third-order valence-electron chi connectivity index (χ3n) is 4.55. The van der Waals surface area contributed by atoms with Crippen LogP contribution in [0.15, 0.2) is 52.4 Å². The Hall–Kier alpha value is -3.06. The molecular formula is C22H22N2O4S. The number of nitrogens with zero attached hydrogens (tertiary/aromatic N) is 1. The smallest absolute Gasteiger partial charge is 0.344 e. The van der Waals surface area contributed by atoms with Crippen LogP contribution in [0.5, 0.6) is 5.75 Å². The van der Waals surface area contributed by atoms with E-state index in [9.17, 15) is 9.59 Å². The number of hydrogen-bond donors (Lipinski definition) is 2. The lowest BCUT2D eigenvalue weighted by Crippen LogP contribution is -2.25. The van der Waals surface area contributed by atoms with Crippen molar-refractivity contribution >= 4 is 40.6 Å². The third-order valence-corrected chi connectivity index (χ3v) is 5.46. The van der Waals surface area contributed by atoms with Crippen LogP contribution in [-0.2, 0) is 9.59 Å². The number of carboxylic acids is 1. The van der Waals surface area contributed by atoms with E-state index in [-0.39, 0.29) is 5.91 Å². The minimum Gasteiger partial charge on any atom is -0.479 e. The number of hydrogen-bond acceptors (Lipinski definition) is 5. The molecule has 2 aromatic carbocycles. The van der Waals surface area contributed by atoms with Crippen LogP contribution in [0.3, 0.4) is 0 Å². The second kappa shape index (κ2) is 8.96. The highest BCUT2D eigenvalue weighted by molar-refractivity contribution is 8.18. The average Bonchev–Trinajstić information content (AvgIpc) is 3.03. The zero-order valence-corrected chi connectivity index (χ0v) is 17.2. The van der Waals surface area contributed by atoms with Crippen molar-refractivity contribution in [3.63, 3.8) is 0 Å². The van der Waals surface area contributed by atoms with Gasteiger partial charge < -0.3 is 15.2 Å². The first kappa shape index (κ1) is 20.7. The third kappa shape index (κ3) is 5.06. The van der Waals surface area contributed by atoms with E-state index in [4.69, 9.17) is 9.84 Å². The van der Waals surface area contributed by atoms with E-state index in [1.54, 1.807) is 37.3 Å². The van der Waals surface area contributed by atoms with Gasteiger partial charge in [0.1, 0.15) is 5.75 Å². The van der Waals surface area contributed by atoms with Gasteiger partial charge in [-0.05, 0) is 73.0 Å². The summed E-state index contributed by atoms with van der Waals surface area (Å²) in [6.07, 6.45) is 1.27. The molecule has 7 heteroatoms. The van der Waals surface area contributed by atoms with Crippen molar-refractivity contribution in [2.24, 2.45) is 4.99 Å². The molecule has 29 heavy (non-hydrogen) atoms. The van der Waals surface area contributed by atoms with Gasteiger partial charge in [0.05, 0.1) is 10.6 Å². The van der Waals surface area contributed by atoms with Crippen LogP contribution < -0.4 is 10.1 Å². The van der Waals surface area contributed by atoms with Gasteiger partial charge >= 0.3 is 5.97 Å². The Morgan fingerprint density at radius 2 is 1.97 bits per heavy atom. The number of benzene rings is 2. The fraction of sp³-hybridized carbons (Fsp3) is 0.227. The summed E-state index contributed by atoms with van der Waals surface area (Å²) in [5, 5.41) is 12.4. The summed E-state index contributed by atoms with van der Waals surface area (Å²) < 4.78 is 5.45. The molecule has 1 unspecified atom stereocenters. The van der Waals surface area contributed by atoms with E-state index in [0.29, 0.717) is 22.2 Å². The van der Waals surface area contributed by atoms with Gasteiger partial charge in [0.25, 0.3) is 5.91 Å². The summed E-state index contributed by atoms with van der Waals surface area (Å²) in [6.45, 7) is 5.78. The van der Waals surface area contributed by atoms with Crippen LogP contribution in [0.4, 0.5) is 5.69 Å². The van der Waals surface area contributed by atoms with Crippen molar-refractivity contribution in [2.75, 3.05) is 0 Å². The highest BCUT2D eigenvalue weighted by Crippen LogP contribution is 2.30. The molecule has 2 N–H and O–H groups in total. The largest absolute Gasteiger partial charge is 0.479 e. The molecule has 150 valence electrons. The number of nitrogens with one attached hydrogen (secondary N) is 1. The molecule has 1 fully saturated rings. The highest BCUT2D eigenvalue weighted by Gasteiger charge is 2.24. The molecule has 1 saturated heterocycles. The van der Waals surface area contributed by atoms with Crippen LogP contribution in [0, 0.1) is 13.8 Å².